The molecule has 2 rings (SSSR count). The molecule has 0 atom stereocenters. The Morgan fingerprint density at radius 1 is 1.27 bits per heavy atom. The first kappa shape index (κ1) is 22.4. The molecule has 0 bridgehead atoms. The average Bonchev–Trinajstić information content (AvgIpc) is 2.92. The lowest BCUT2D eigenvalue weighted by atomic mass is 9.89. The van der Waals surface area contributed by atoms with E-state index in [1.807, 2.05) is 12.1 Å². The number of nitriles is 1. The third-order valence-electron chi connectivity index (χ3n) is 3.78. The maximum absolute atomic E-state index is 8.74. The van der Waals surface area contributed by atoms with Crippen molar-refractivity contribution >= 4 is 74.6 Å². The van der Waals surface area contributed by atoms with Gasteiger partial charge >= 0.3 is 0 Å². The minimum atomic E-state index is -0.139. The molecule has 0 radical (unpaired) electrons. The highest BCUT2D eigenvalue weighted by Crippen LogP contribution is 2.50. The number of halogens is 2. The van der Waals surface area contributed by atoms with Crippen LogP contribution in [-0.4, -0.2) is 15.0 Å². The van der Waals surface area contributed by atoms with Crippen LogP contribution in [-0.2, 0) is 0 Å². The molecule has 26 heavy (non-hydrogen) atoms. The SMILES string of the molecule is CCCC1(CCC)N=C(SCSC#N)SC1=CSc1ccc(Cl)cc1Cl. The van der Waals surface area contributed by atoms with E-state index in [1.165, 1.54) is 16.7 Å². The molecular weight excluding hydrogens is 443 g/mol. The minimum Gasteiger partial charge on any atom is -0.259 e. The number of rotatable bonds is 8. The van der Waals surface area contributed by atoms with Gasteiger partial charge in [-0.05, 0) is 48.2 Å². The fourth-order valence-corrected chi connectivity index (χ4v) is 7.27. The topological polar surface area (TPSA) is 36.1 Å². The summed E-state index contributed by atoms with van der Waals surface area (Å²) in [5.74, 6) is 0. The molecule has 0 aromatic heterocycles. The first-order chi connectivity index (χ1) is 12.5. The van der Waals surface area contributed by atoms with Gasteiger partial charge in [0.05, 0.1) is 15.6 Å². The molecule has 2 nitrogen and oxygen atoms in total. The van der Waals surface area contributed by atoms with Crippen molar-refractivity contribution in [3.8, 4) is 5.40 Å². The number of nitrogens with zero attached hydrogens (tertiary/aromatic N) is 2. The summed E-state index contributed by atoms with van der Waals surface area (Å²) in [6, 6.07) is 5.58. The van der Waals surface area contributed by atoms with Crippen molar-refractivity contribution in [3.63, 3.8) is 0 Å². The van der Waals surface area contributed by atoms with Gasteiger partial charge in [-0.2, -0.15) is 5.26 Å². The van der Waals surface area contributed by atoms with Gasteiger partial charge in [0.15, 0.2) is 0 Å². The predicted octanol–water partition coefficient (Wildman–Crippen LogP) is 8.27. The lowest BCUT2D eigenvalue weighted by molar-refractivity contribution is 0.443. The first-order valence-electron chi connectivity index (χ1n) is 8.28. The standard InChI is InChI=1S/C18H20Cl2N2S4/c1-3-7-18(8-4-2)16(26-17(22-18)25-12-23-11-21)10-24-15-6-5-13(19)9-14(15)20/h5-6,9-10H,3-4,7-8,12H2,1-2H3. The van der Waals surface area contributed by atoms with E-state index in [0.717, 1.165) is 35.0 Å². The van der Waals surface area contributed by atoms with Gasteiger partial charge in [0.2, 0.25) is 0 Å². The van der Waals surface area contributed by atoms with Gasteiger partial charge in [-0.3, -0.25) is 4.99 Å². The zero-order valence-corrected chi connectivity index (χ0v) is 19.4. The van der Waals surface area contributed by atoms with Gasteiger partial charge in [0, 0.05) is 14.8 Å². The van der Waals surface area contributed by atoms with Crippen molar-refractivity contribution < 1.29 is 0 Å². The van der Waals surface area contributed by atoms with E-state index in [0.29, 0.717) is 15.1 Å². The van der Waals surface area contributed by atoms with E-state index in [9.17, 15) is 0 Å². The zero-order chi connectivity index (χ0) is 19.0. The van der Waals surface area contributed by atoms with Crippen molar-refractivity contribution in [1.82, 2.24) is 0 Å². The average molecular weight is 464 g/mol. The maximum Gasteiger partial charge on any atom is 0.134 e. The fraction of sp³-hybridized carbons (Fsp3) is 0.444. The van der Waals surface area contributed by atoms with Crippen LogP contribution in [0.2, 0.25) is 10.0 Å². The first-order valence-corrected chi connectivity index (χ1v) is 12.7. The Labute approximate surface area is 183 Å². The van der Waals surface area contributed by atoms with E-state index in [2.05, 4.69) is 24.7 Å². The van der Waals surface area contributed by atoms with E-state index in [-0.39, 0.29) is 5.54 Å². The summed E-state index contributed by atoms with van der Waals surface area (Å²) in [5.41, 5.74) is -0.139. The van der Waals surface area contributed by atoms with E-state index >= 15 is 0 Å². The number of thiocyanates is 1. The summed E-state index contributed by atoms with van der Waals surface area (Å²) in [6.45, 7) is 4.41. The number of benzene rings is 1. The molecule has 1 aliphatic rings. The number of thioether (sulfide) groups is 4. The molecule has 0 spiro atoms. The monoisotopic (exact) mass is 462 g/mol. The second kappa shape index (κ2) is 11.2. The van der Waals surface area contributed by atoms with E-state index in [1.54, 1.807) is 41.4 Å². The molecule has 1 aromatic carbocycles. The highest BCUT2D eigenvalue weighted by molar-refractivity contribution is 8.43. The van der Waals surface area contributed by atoms with Gasteiger partial charge in [-0.1, -0.05) is 85.2 Å². The molecule has 0 N–H and O–H groups in total. The quantitative estimate of drug-likeness (QED) is 0.168. The molecule has 1 aromatic rings. The van der Waals surface area contributed by atoms with Gasteiger partial charge in [-0.15, -0.1) is 0 Å². The van der Waals surface area contributed by atoms with Crippen LogP contribution in [0.15, 0.2) is 38.4 Å². The van der Waals surface area contributed by atoms with E-state index < -0.39 is 0 Å². The van der Waals surface area contributed by atoms with E-state index in [4.69, 9.17) is 33.5 Å². The number of hydrogen-bond acceptors (Lipinski definition) is 6. The Bertz CT molecular complexity index is 722. The van der Waals surface area contributed by atoms with Crippen LogP contribution in [0.1, 0.15) is 39.5 Å². The molecule has 0 unspecified atom stereocenters. The molecule has 0 saturated heterocycles. The van der Waals surface area contributed by atoms with Crippen LogP contribution in [0.5, 0.6) is 0 Å². The highest BCUT2D eigenvalue weighted by Gasteiger charge is 2.39. The summed E-state index contributed by atoms with van der Waals surface area (Å²) >= 11 is 18.6. The summed E-state index contributed by atoms with van der Waals surface area (Å²) < 4.78 is 1.06. The lowest BCUT2D eigenvalue weighted by Gasteiger charge is -2.26. The Balaban J connectivity index is 2.24. The molecule has 0 aliphatic carbocycles. The fourth-order valence-electron chi connectivity index (χ4n) is 2.74. The Kier molecular flexibility index (Phi) is 9.63. The summed E-state index contributed by atoms with van der Waals surface area (Å²) in [7, 11) is 0. The van der Waals surface area contributed by atoms with Crippen LogP contribution in [0, 0.1) is 10.7 Å². The van der Waals surface area contributed by atoms with Gasteiger partial charge in [0.25, 0.3) is 0 Å². The predicted molar refractivity (Wildman–Crippen MR) is 124 cm³/mol. The maximum atomic E-state index is 8.74. The van der Waals surface area contributed by atoms with Crippen molar-refractivity contribution in [2.75, 3.05) is 5.08 Å². The molecule has 8 heteroatoms. The van der Waals surface area contributed by atoms with Crippen LogP contribution in [0.25, 0.3) is 0 Å². The van der Waals surface area contributed by atoms with Gasteiger partial charge in [0.1, 0.15) is 9.78 Å². The highest BCUT2D eigenvalue weighted by atomic mass is 35.5. The Morgan fingerprint density at radius 3 is 2.62 bits per heavy atom. The summed E-state index contributed by atoms with van der Waals surface area (Å²) in [4.78, 5) is 7.36. The molecule has 1 aliphatic heterocycles. The van der Waals surface area contributed by atoms with Gasteiger partial charge in [-0.25, -0.2) is 0 Å². The molecule has 1 heterocycles. The Hall–Kier alpha value is 0.1000. The second-order valence-corrected chi connectivity index (χ2v) is 10.8. The molecular formula is C18H20Cl2N2S4. The van der Waals surface area contributed by atoms with Crippen molar-refractivity contribution in [3.05, 3.63) is 38.6 Å². The van der Waals surface area contributed by atoms with Gasteiger partial charge < -0.3 is 0 Å². The van der Waals surface area contributed by atoms with Crippen LogP contribution in [0.4, 0.5) is 0 Å². The van der Waals surface area contributed by atoms with Crippen LogP contribution >= 0.6 is 70.2 Å². The third-order valence-corrected chi connectivity index (χ3v) is 8.55. The minimum absolute atomic E-state index is 0.139. The van der Waals surface area contributed by atoms with Crippen LogP contribution in [0.3, 0.4) is 0 Å². The smallest absolute Gasteiger partial charge is 0.134 e. The summed E-state index contributed by atoms with van der Waals surface area (Å²) in [5, 5.41) is 15.1. The lowest BCUT2D eigenvalue weighted by Crippen LogP contribution is -2.24. The number of aliphatic imine (C=N–C) groups is 1. The largest absolute Gasteiger partial charge is 0.259 e. The van der Waals surface area contributed by atoms with Crippen molar-refractivity contribution in [1.29, 1.82) is 5.26 Å². The molecule has 140 valence electrons. The third kappa shape index (κ3) is 6.05. The molecule has 0 amide bonds. The van der Waals surface area contributed by atoms with Crippen molar-refractivity contribution in [2.45, 2.75) is 50.0 Å². The molecule has 0 saturated carbocycles. The Morgan fingerprint density at radius 2 is 2.00 bits per heavy atom. The van der Waals surface area contributed by atoms with Crippen LogP contribution < -0.4 is 0 Å². The summed E-state index contributed by atoms with van der Waals surface area (Å²) in [6.07, 6.45) is 4.23. The normalized spacial score (nSPS) is 17.3. The number of hydrogen-bond donors (Lipinski definition) is 0. The molecule has 0 fully saturated rings. The zero-order valence-electron chi connectivity index (χ0n) is 14.6. The van der Waals surface area contributed by atoms with Crippen molar-refractivity contribution in [2.24, 2.45) is 4.99 Å². The second-order valence-electron chi connectivity index (χ2n) is 5.68.